The summed E-state index contributed by atoms with van der Waals surface area (Å²) >= 11 is 0. The van der Waals surface area contributed by atoms with Gasteiger partial charge in [-0.15, -0.1) is 0 Å². The molecular weight excluding hydrogens is 348 g/mol. The van der Waals surface area contributed by atoms with Crippen molar-refractivity contribution in [2.24, 2.45) is 0 Å². The number of nitrogens with zero attached hydrogens (tertiary/aromatic N) is 1. The molecule has 1 aliphatic heterocycles. The molecule has 6 heteroatoms. The van der Waals surface area contributed by atoms with Crippen molar-refractivity contribution in [3.63, 3.8) is 0 Å². The third-order valence-electron chi connectivity index (χ3n) is 4.53. The summed E-state index contributed by atoms with van der Waals surface area (Å²) in [5.74, 6) is -0.0316. The molecule has 1 aliphatic rings. The molecule has 1 heterocycles. The zero-order chi connectivity index (χ0) is 18.7. The quantitative estimate of drug-likeness (QED) is 0.889. The van der Waals surface area contributed by atoms with E-state index in [2.05, 4.69) is 4.72 Å². The number of nitrogens with one attached hydrogen (secondary N) is 1. The van der Waals surface area contributed by atoms with Gasteiger partial charge in [-0.05, 0) is 80.6 Å². The average molecular weight is 372 g/mol. The predicted octanol–water partition coefficient (Wildman–Crippen LogP) is 3.73. The van der Waals surface area contributed by atoms with E-state index in [4.69, 9.17) is 0 Å². The molecule has 0 unspecified atom stereocenters. The lowest BCUT2D eigenvalue weighted by Crippen LogP contribution is -2.35. The monoisotopic (exact) mass is 372 g/mol. The molecule has 1 saturated heterocycles. The summed E-state index contributed by atoms with van der Waals surface area (Å²) < 4.78 is 27.8. The molecule has 2 aromatic rings. The van der Waals surface area contributed by atoms with Gasteiger partial charge in [-0.2, -0.15) is 0 Å². The van der Waals surface area contributed by atoms with Crippen LogP contribution in [-0.4, -0.2) is 32.3 Å². The van der Waals surface area contributed by atoms with Gasteiger partial charge in [0.25, 0.3) is 15.9 Å². The Hall–Kier alpha value is -2.34. The van der Waals surface area contributed by atoms with Crippen LogP contribution in [0.1, 0.15) is 40.7 Å². The molecule has 1 N–H and O–H groups in total. The highest BCUT2D eigenvalue weighted by molar-refractivity contribution is 7.92. The maximum atomic E-state index is 12.6. The van der Waals surface area contributed by atoms with Gasteiger partial charge in [0.05, 0.1) is 4.90 Å². The normalized spacial score (nSPS) is 14.9. The van der Waals surface area contributed by atoms with Gasteiger partial charge in [0, 0.05) is 24.3 Å². The summed E-state index contributed by atoms with van der Waals surface area (Å²) in [5.41, 5.74) is 3.04. The Morgan fingerprint density at radius 3 is 2.08 bits per heavy atom. The average Bonchev–Trinajstić information content (AvgIpc) is 2.60. The maximum Gasteiger partial charge on any atom is 0.261 e. The molecule has 0 radical (unpaired) electrons. The lowest BCUT2D eigenvalue weighted by Gasteiger charge is -2.26. The third-order valence-corrected chi connectivity index (χ3v) is 5.93. The fraction of sp³-hybridized carbons (Fsp3) is 0.350. The number of carbonyl (C=O) groups excluding carboxylic acids is 1. The Morgan fingerprint density at radius 1 is 0.923 bits per heavy atom. The highest BCUT2D eigenvalue weighted by atomic mass is 32.2. The Morgan fingerprint density at radius 2 is 1.50 bits per heavy atom. The first-order valence-electron chi connectivity index (χ1n) is 8.86. The van der Waals surface area contributed by atoms with E-state index in [9.17, 15) is 13.2 Å². The van der Waals surface area contributed by atoms with Crippen LogP contribution in [0.15, 0.2) is 47.4 Å². The standard InChI is InChI=1S/C20H24N2O3S/c1-15-12-16(2)14-18(13-15)21-26(24,25)19-8-6-17(7-9-19)20(23)22-10-4-3-5-11-22/h6-9,12-14,21H,3-5,10-11H2,1-2H3. The zero-order valence-corrected chi connectivity index (χ0v) is 16.0. The van der Waals surface area contributed by atoms with Gasteiger partial charge in [-0.1, -0.05) is 6.07 Å². The van der Waals surface area contributed by atoms with Gasteiger partial charge in [0.1, 0.15) is 0 Å². The number of amides is 1. The van der Waals surface area contributed by atoms with Crippen molar-refractivity contribution in [2.45, 2.75) is 38.0 Å². The SMILES string of the molecule is Cc1cc(C)cc(NS(=O)(=O)c2ccc(C(=O)N3CCCCC3)cc2)c1. The predicted molar refractivity (Wildman–Crippen MR) is 103 cm³/mol. The zero-order valence-electron chi connectivity index (χ0n) is 15.2. The van der Waals surface area contributed by atoms with Gasteiger partial charge in [0.2, 0.25) is 0 Å². The van der Waals surface area contributed by atoms with Crippen molar-refractivity contribution in [1.82, 2.24) is 4.90 Å². The van der Waals surface area contributed by atoms with Crippen LogP contribution in [0.25, 0.3) is 0 Å². The first kappa shape index (κ1) is 18.5. The number of benzene rings is 2. The summed E-state index contributed by atoms with van der Waals surface area (Å²) in [7, 11) is -3.69. The van der Waals surface area contributed by atoms with E-state index in [1.54, 1.807) is 24.3 Å². The van der Waals surface area contributed by atoms with Crippen molar-refractivity contribution in [3.8, 4) is 0 Å². The third kappa shape index (κ3) is 4.25. The van der Waals surface area contributed by atoms with Crippen molar-refractivity contribution in [3.05, 3.63) is 59.2 Å². The van der Waals surface area contributed by atoms with E-state index in [1.165, 1.54) is 12.1 Å². The number of piperidine rings is 1. The van der Waals surface area contributed by atoms with Crippen LogP contribution in [0, 0.1) is 13.8 Å². The Bertz CT molecular complexity index is 879. The highest BCUT2D eigenvalue weighted by Crippen LogP contribution is 2.20. The first-order valence-corrected chi connectivity index (χ1v) is 10.3. The molecule has 3 rings (SSSR count). The molecule has 0 aliphatic carbocycles. The van der Waals surface area contributed by atoms with Gasteiger partial charge >= 0.3 is 0 Å². The summed E-state index contributed by atoms with van der Waals surface area (Å²) in [6, 6.07) is 11.7. The second-order valence-electron chi connectivity index (χ2n) is 6.86. The number of hydrogen-bond donors (Lipinski definition) is 1. The van der Waals surface area contributed by atoms with Crippen LogP contribution in [0.5, 0.6) is 0 Å². The van der Waals surface area contributed by atoms with Gasteiger partial charge in [0.15, 0.2) is 0 Å². The van der Waals surface area contributed by atoms with Crippen LogP contribution < -0.4 is 4.72 Å². The maximum absolute atomic E-state index is 12.6. The number of rotatable bonds is 4. The fourth-order valence-corrected chi connectivity index (χ4v) is 4.34. The number of likely N-dealkylation sites (tertiary alicyclic amines) is 1. The van der Waals surface area contributed by atoms with Gasteiger partial charge < -0.3 is 4.90 Å². The molecular formula is C20H24N2O3S. The minimum absolute atomic E-state index is 0.0316. The molecule has 138 valence electrons. The molecule has 26 heavy (non-hydrogen) atoms. The fourth-order valence-electron chi connectivity index (χ4n) is 3.30. The van der Waals surface area contributed by atoms with E-state index in [1.807, 2.05) is 24.8 Å². The second kappa shape index (κ2) is 7.50. The molecule has 0 bridgehead atoms. The smallest absolute Gasteiger partial charge is 0.261 e. The van der Waals surface area contributed by atoms with E-state index in [0.29, 0.717) is 11.3 Å². The van der Waals surface area contributed by atoms with Gasteiger partial charge in [-0.25, -0.2) is 8.42 Å². The molecule has 0 spiro atoms. The minimum Gasteiger partial charge on any atom is -0.339 e. The molecule has 1 amide bonds. The second-order valence-corrected chi connectivity index (χ2v) is 8.54. The Kier molecular flexibility index (Phi) is 5.32. The largest absolute Gasteiger partial charge is 0.339 e. The number of sulfonamides is 1. The highest BCUT2D eigenvalue weighted by Gasteiger charge is 2.20. The van der Waals surface area contributed by atoms with Crippen LogP contribution in [0.2, 0.25) is 0 Å². The van der Waals surface area contributed by atoms with Gasteiger partial charge in [-0.3, -0.25) is 9.52 Å². The van der Waals surface area contributed by atoms with Crippen LogP contribution in [-0.2, 0) is 10.0 Å². The minimum atomic E-state index is -3.69. The lowest BCUT2D eigenvalue weighted by atomic mass is 10.1. The number of anilines is 1. The van der Waals surface area contributed by atoms with Crippen molar-refractivity contribution in [1.29, 1.82) is 0 Å². The molecule has 0 atom stereocenters. The molecule has 0 aromatic heterocycles. The summed E-state index contributed by atoms with van der Waals surface area (Å²) in [5, 5.41) is 0. The number of hydrogen-bond acceptors (Lipinski definition) is 3. The topological polar surface area (TPSA) is 66.5 Å². The van der Waals surface area contributed by atoms with Crippen LogP contribution in [0.3, 0.4) is 0 Å². The molecule has 0 saturated carbocycles. The summed E-state index contributed by atoms with van der Waals surface area (Å²) in [4.78, 5) is 14.5. The molecule has 5 nitrogen and oxygen atoms in total. The van der Waals surface area contributed by atoms with E-state index < -0.39 is 10.0 Å². The van der Waals surface area contributed by atoms with Crippen molar-refractivity contribution >= 4 is 21.6 Å². The first-order chi connectivity index (χ1) is 12.3. The van der Waals surface area contributed by atoms with E-state index in [-0.39, 0.29) is 10.8 Å². The van der Waals surface area contributed by atoms with Crippen LogP contribution in [0.4, 0.5) is 5.69 Å². The summed E-state index contributed by atoms with van der Waals surface area (Å²) in [6.45, 7) is 5.39. The van der Waals surface area contributed by atoms with E-state index in [0.717, 1.165) is 43.5 Å². The Labute approximate surface area is 155 Å². The number of aryl methyl sites for hydroxylation is 2. The Balaban J connectivity index is 1.77. The van der Waals surface area contributed by atoms with E-state index >= 15 is 0 Å². The molecule has 2 aromatic carbocycles. The van der Waals surface area contributed by atoms with Crippen molar-refractivity contribution in [2.75, 3.05) is 17.8 Å². The summed E-state index contributed by atoms with van der Waals surface area (Å²) in [6.07, 6.45) is 3.21. The van der Waals surface area contributed by atoms with Crippen LogP contribution >= 0.6 is 0 Å². The lowest BCUT2D eigenvalue weighted by molar-refractivity contribution is 0.0724. The number of carbonyl (C=O) groups is 1. The molecule has 1 fully saturated rings. The van der Waals surface area contributed by atoms with Crippen molar-refractivity contribution < 1.29 is 13.2 Å².